The Labute approximate surface area is 147 Å². The van der Waals surface area contributed by atoms with Crippen LogP contribution in [-0.4, -0.2) is 21.1 Å². The predicted molar refractivity (Wildman–Crippen MR) is 99.0 cm³/mol. The van der Waals surface area contributed by atoms with Gasteiger partial charge in [0.15, 0.2) is 0 Å². The molecule has 130 valence electrons. The fourth-order valence-electron chi connectivity index (χ4n) is 3.00. The number of nitrogens with zero attached hydrogens (tertiary/aromatic N) is 2. The maximum absolute atomic E-state index is 12.6. The average Bonchev–Trinajstić information content (AvgIpc) is 2.97. The molecule has 1 amide bonds. The third-order valence-corrected chi connectivity index (χ3v) is 4.12. The molecule has 25 heavy (non-hydrogen) atoms. The normalized spacial score (nSPS) is 12.9. The third-order valence-electron chi connectivity index (χ3n) is 4.12. The first kappa shape index (κ1) is 17.1. The zero-order chi connectivity index (χ0) is 17.9. The number of carbonyl (C=O) groups excluding carboxylic acids is 1. The van der Waals surface area contributed by atoms with Gasteiger partial charge in [0.25, 0.3) is 0 Å². The topological polar surface area (TPSA) is 70.7 Å². The number of aromatic amines is 1. The van der Waals surface area contributed by atoms with E-state index in [9.17, 15) is 4.79 Å². The van der Waals surface area contributed by atoms with Crippen molar-refractivity contribution in [1.29, 1.82) is 0 Å². The summed E-state index contributed by atoms with van der Waals surface area (Å²) in [5, 5.41) is 11.4. The van der Waals surface area contributed by atoms with Gasteiger partial charge >= 0.3 is 0 Å². The molecule has 5 heteroatoms. The maximum Gasteiger partial charge on any atom is 0.226 e. The molecule has 0 saturated carbocycles. The van der Waals surface area contributed by atoms with Crippen LogP contribution >= 0.6 is 0 Å². The molecule has 1 aromatic carbocycles. The number of carbonyl (C=O) groups is 1. The van der Waals surface area contributed by atoms with Gasteiger partial charge in [-0.3, -0.25) is 14.9 Å². The molecule has 0 spiro atoms. The molecule has 0 aliphatic rings. The van der Waals surface area contributed by atoms with E-state index in [-0.39, 0.29) is 23.8 Å². The minimum Gasteiger partial charge on any atom is -0.349 e. The minimum atomic E-state index is -0.0598. The van der Waals surface area contributed by atoms with Crippen molar-refractivity contribution >= 4 is 16.8 Å². The van der Waals surface area contributed by atoms with Crippen LogP contribution in [0.1, 0.15) is 44.5 Å². The van der Waals surface area contributed by atoms with Gasteiger partial charge in [0.1, 0.15) is 0 Å². The quantitative estimate of drug-likeness (QED) is 0.744. The number of hydrogen-bond acceptors (Lipinski definition) is 3. The third kappa shape index (κ3) is 4.44. The van der Waals surface area contributed by atoms with Crippen LogP contribution in [0, 0.1) is 5.41 Å². The Kier molecular flexibility index (Phi) is 4.83. The lowest BCUT2D eigenvalue weighted by Crippen LogP contribution is -2.32. The molecule has 1 atom stereocenters. The first-order valence-corrected chi connectivity index (χ1v) is 8.54. The van der Waals surface area contributed by atoms with Crippen LogP contribution in [-0.2, 0) is 11.2 Å². The lowest BCUT2D eigenvalue weighted by atomic mass is 9.85. The number of aromatic nitrogens is 3. The second kappa shape index (κ2) is 7.05. The van der Waals surface area contributed by atoms with E-state index in [1.165, 1.54) is 0 Å². The van der Waals surface area contributed by atoms with Crippen LogP contribution in [0.3, 0.4) is 0 Å². The molecule has 2 N–H and O–H groups in total. The van der Waals surface area contributed by atoms with Crippen molar-refractivity contribution in [2.24, 2.45) is 5.41 Å². The Morgan fingerprint density at radius 2 is 2.00 bits per heavy atom. The second-order valence-corrected chi connectivity index (χ2v) is 7.57. The summed E-state index contributed by atoms with van der Waals surface area (Å²) in [6, 6.07) is 11.7. The number of benzene rings is 1. The molecule has 0 saturated heterocycles. The Hall–Kier alpha value is -2.69. The highest BCUT2D eigenvalue weighted by atomic mass is 16.1. The first-order valence-electron chi connectivity index (χ1n) is 8.54. The van der Waals surface area contributed by atoms with E-state index in [2.05, 4.69) is 41.3 Å². The van der Waals surface area contributed by atoms with Crippen LogP contribution in [0.5, 0.6) is 0 Å². The number of H-pyrrole nitrogens is 1. The number of rotatable bonds is 5. The summed E-state index contributed by atoms with van der Waals surface area (Å²) in [5.74, 6) is -0.0208. The van der Waals surface area contributed by atoms with Crippen molar-refractivity contribution in [1.82, 2.24) is 20.5 Å². The van der Waals surface area contributed by atoms with Crippen molar-refractivity contribution in [2.75, 3.05) is 0 Å². The Morgan fingerprint density at radius 3 is 2.72 bits per heavy atom. The second-order valence-electron chi connectivity index (χ2n) is 7.57. The largest absolute Gasteiger partial charge is 0.349 e. The monoisotopic (exact) mass is 336 g/mol. The Balaban J connectivity index is 1.76. The molecule has 0 fully saturated rings. The molecule has 0 aliphatic heterocycles. The van der Waals surface area contributed by atoms with Crippen LogP contribution in [0.25, 0.3) is 10.9 Å². The zero-order valence-corrected chi connectivity index (χ0v) is 14.9. The molecule has 5 nitrogen and oxygen atoms in total. The molecule has 0 bridgehead atoms. The van der Waals surface area contributed by atoms with Crippen molar-refractivity contribution < 1.29 is 4.79 Å². The molecule has 0 aliphatic carbocycles. The van der Waals surface area contributed by atoms with Gasteiger partial charge in [0.2, 0.25) is 5.91 Å². The number of para-hydroxylation sites is 1. The summed E-state index contributed by atoms with van der Waals surface area (Å²) in [4.78, 5) is 16.8. The van der Waals surface area contributed by atoms with Crippen molar-refractivity contribution in [3.8, 4) is 0 Å². The standard InChI is InChI=1S/C20H24N4O/c1-20(2,3)12-18(14-7-6-10-21-13-14)22-19(25)11-17-15-8-4-5-9-16(15)23-24-17/h4-10,13,18H,11-12H2,1-3H3,(H,22,25)(H,23,24). The maximum atomic E-state index is 12.6. The smallest absolute Gasteiger partial charge is 0.226 e. The SMILES string of the molecule is CC(C)(C)CC(NC(=O)Cc1[nH]nc2ccccc12)c1cccnc1. The van der Waals surface area contributed by atoms with Gasteiger partial charge in [0.05, 0.1) is 23.7 Å². The fraction of sp³-hybridized carbons (Fsp3) is 0.350. The highest BCUT2D eigenvalue weighted by Crippen LogP contribution is 2.29. The van der Waals surface area contributed by atoms with E-state index in [4.69, 9.17) is 0 Å². The van der Waals surface area contributed by atoms with E-state index in [1.807, 2.05) is 42.6 Å². The van der Waals surface area contributed by atoms with Crippen molar-refractivity contribution in [2.45, 2.75) is 39.7 Å². The molecule has 0 radical (unpaired) electrons. The van der Waals surface area contributed by atoms with Gasteiger partial charge in [0, 0.05) is 17.8 Å². The first-order chi connectivity index (χ1) is 11.9. The van der Waals surface area contributed by atoms with Crippen molar-refractivity contribution in [3.63, 3.8) is 0 Å². The molecular formula is C20H24N4O. The van der Waals surface area contributed by atoms with E-state index in [1.54, 1.807) is 6.20 Å². The van der Waals surface area contributed by atoms with E-state index in [0.29, 0.717) is 0 Å². The molecule has 3 aromatic rings. The summed E-state index contributed by atoms with van der Waals surface area (Å²) >= 11 is 0. The van der Waals surface area contributed by atoms with Gasteiger partial charge in [-0.05, 0) is 29.5 Å². The van der Waals surface area contributed by atoms with Crippen LogP contribution < -0.4 is 5.32 Å². The van der Waals surface area contributed by atoms with Crippen LogP contribution in [0.4, 0.5) is 0 Å². The summed E-state index contributed by atoms with van der Waals surface area (Å²) in [7, 11) is 0. The fourth-order valence-corrected chi connectivity index (χ4v) is 3.00. The number of pyridine rings is 1. The summed E-state index contributed by atoms with van der Waals surface area (Å²) in [6.45, 7) is 6.51. The summed E-state index contributed by atoms with van der Waals surface area (Å²) in [6.07, 6.45) is 4.69. The molecule has 1 unspecified atom stereocenters. The Bertz CT molecular complexity index is 849. The highest BCUT2D eigenvalue weighted by molar-refractivity contribution is 5.87. The van der Waals surface area contributed by atoms with Gasteiger partial charge in [-0.15, -0.1) is 0 Å². The average molecular weight is 336 g/mol. The van der Waals surface area contributed by atoms with Gasteiger partial charge < -0.3 is 5.32 Å². The summed E-state index contributed by atoms with van der Waals surface area (Å²) < 4.78 is 0. The van der Waals surface area contributed by atoms with E-state index >= 15 is 0 Å². The van der Waals surface area contributed by atoms with Crippen LogP contribution in [0.15, 0.2) is 48.8 Å². The molecular weight excluding hydrogens is 312 g/mol. The lowest BCUT2D eigenvalue weighted by Gasteiger charge is -2.27. The number of amides is 1. The van der Waals surface area contributed by atoms with Crippen molar-refractivity contribution in [3.05, 3.63) is 60.0 Å². The number of fused-ring (bicyclic) bond motifs is 1. The van der Waals surface area contributed by atoms with Gasteiger partial charge in [-0.1, -0.05) is 45.0 Å². The number of hydrogen-bond donors (Lipinski definition) is 2. The van der Waals surface area contributed by atoms with Crippen LogP contribution in [0.2, 0.25) is 0 Å². The van der Waals surface area contributed by atoms with Gasteiger partial charge in [-0.2, -0.15) is 5.10 Å². The number of nitrogens with one attached hydrogen (secondary N) is 2. The van der Waals surface area contributed by atoms with Gasteiger partial charge in [-0.25, -0.2) is 0 Å². The Morgan fingerprint density at radius 1 is 1.20 bits per heavy atom. The molecule has 3 rings (SSSR count). The summed E-state index contributed by atoms with van der Waals surface area (Å²) in [5.41, 5.74) is 2.84. The molecule has 2 heterocycles. The van der Waals surface area contributed by atoms with E-state index < -0.39 is 0 Å². The highest BCUT2D eigenvalue weighted by Gasteiger charge is 2.22. The van der Waals surface area contributed by atoms with E-state index in [0.717, 1.165) is 28.6 Å². The lowest BCUT2D eigenvalue weighted by molar-refractivity contribution is -0.121. The molecule has 2 aromatic heterocycles. The zero-order valence-electron chi connectivity index (χ0n) is 14.9. The minimum absolute atomic E-state index is 0.0208. The predicted octanol–water partition coefficient (Wildman–Crippen LogP) is 3.79.